The maximum Gasteiger partial charge on any atom is 0.276 e. The number of carbonyl (C=O) groups excluding carboxylic acids is 1. The maximum absolute atomic E-state index is 14.1. The first kappa shape index (κ1) is 19.8. The number of hydrogen-bond donors (Lipinski definition) is 3. The summed E-state index contributed by atoms with van der Waals surface area (Å²) in [6.45, 7) is 1.25. The number of nitrogens with two attached hydrogens (primary N) is 1. The second-order valence-electron chi connectivity index (χ2n) is 7.20. The number of nitrogen functional groups attached to an aromatic ring is 1. The molecule has 1 saturated heterocycles. The molecule has 7 nitrogen and oxygen atoms in total. The van der Waals surface area contributed by atoms with Crippen molar-refractivity contribution in [2.45, 2.75) is 18.9 Å². The van der Waals surface area contributed by atoms with Crippen LogP contribution in [0.1, 0.15) is 23.3 Å². The van der Waals surface area contributed by atoms with Crippen molar-refractivity contribution < 1.29 is 14.3 Å². The molecule has 1 amide bonds. The fourth-order valence-electron chi connectivity index (χ4n) is 3.58. The third-order valence-corrected chi connectivity index (χ3v) is 5.07. The number of piperidine rings is 1. The molecule has 0 spiro atoms. The lowest BCUT2D eigenvalue weighted by Crippen LogP contribution is -2.38. The first-order chi connectivity index (χ1) is 14.5. The van der Waals surface area contributed by atoms with Gasteiger partial charge >= 0.3 is 0 Å². The predicted octanol–water partition coefficient (Wildman–Crippen LogP) is 3.08. The molecule has 0 aliphatic carbocycles. The summed E-state index contributed by atoms with van der Waals surface area (Å²) in [6, 6.07) is 11.1. The standard InChI is InChI=1S/C22H22FN5O2/c23-16-6-2-1-5-15(16)18-8-7-17(24)21(26-18)22(30)27-19-12-25-10-9-20(19)28-11-3-4-14(29)13-28/h1-2,5-10,12,14,29H,3-4,11,13,24H2,(H,27,30). The average molecular weight is 407 g/mol. The van der Waals surface area contributed by atoms with E-state index in [1.807, 2.05) is 4.90 Å². The monoisotopic (exact) mass is 407 g/mol. The number of aliphatic hydroxyl groups is 1. The lowest BCUT2D eigenvalue weighted by Gasteiger charge is -2.33. The van der Waals surface area contributed by atoms with E-state index in [-0.39, 0.29) is 16.9 Å². The van der Waals surface area contributed by atoms with Gasteiger partial charge in [0.25, 0.3) is 5.91 Å². The van der Waals surface area contributed by atoms with Crippen molar-refractivity contribution in [2.24, 2.45) is 0 Å². The molecule has 1 fully saturated rings. The Bertz CT molecular complexity index is 1070. The van der Waals surface area contributed by atoms with Gasteiger partial charge in [-0.3, -0.25) is 9.78 Å². The Kier molecular flexibility index (Phi) is 5.58. The van der Waals surface area contributed by atoms with Gasteiger partial charge in [0, 0.05) is 24.8 Å². The summed E-state index contributed by atoms with van der Waals surface area (Å²) in [5.74, 6) is -0.947. The molecule has 0 saturated carbocycles. The highest BCUT2D eigenvalue weighted by atomic mass is 19.1. The van der Waals surface area contributed by atoms with E-state index in [0.29, 0.717) is 17.9 Å². The fourth-order valence-corrected chi connectivity index (χ4v) is 3.58. The van der Waals surface area contributed by atoms with Gasteiger partial charge in [-0.25, -0.2) is 9.37 Å². The molecule has 1 aliphatic heterocycles. The second-order valence-corrected chi connectivity index (χ2v) is 7.20. The van der Waals surface area contributed by atoms with E-state index in [0.717, 1.165) is 25.1 Å². The van der Waals surface area contributed by atoms with Crippen molar-refractivity contribution in [3.05, 3.63) is 66.4 Å². The molecule has 1 atom stereocenters. The van der Waals surface area contributed by atoms with Crippen LogP contribution >= 0.6 is 0 Å². The quantitative estimate of drug-likeness (QED) is 0.614. The van der Waals surface area contributed by atoms with Gasteiger partial charge < -0.3 is 21.1 Å². The van der Waals surface area contributed by atoms with Crippen LogP contribution in [0, 0.1) is 5.82 Å². The number of aromatic nitrogens is 2. The minimum Gasteiger partial charge on any atom is -0.397 e. The number of carbonyl (C=O) groups is 1. The number of β-amino-alcohol motifs (C(OH)–C–C–N with tert-alkyl or cyclic N) is 1. The summed E-state index contributed by atoms with van der Waals surface area (Å²) in [7, 11) is 0. The van der Waals surface area contributed by atoms with E-state index < -0.39 is 17.8 Å². The van der Waals surface area contributed by atoms with Crippen LogP contribution in [0.5, 0.6) is 0 Å². The molecule has 0 radical (unpaired) electrons. The zero-order chi connectivity index (χ0) is 21.1. The van der Waals surface area contributed by atoms with Gasteiger partial charge in [-0.05, 0) is 43.2 Å². The molecule has 30 heavy (non-hydrogen) atoms. The van der Waals surface area contributed by atoms with Crippen LogP contribution in [0.2, 0.25) is 0 Å². The van der Waals surface area contributed by atoms with Crippen LogP contribution in [0.15, 0.2) is 54.9 Å². The van der Waals surface area contributed by atoms with Gasteiger partial charge in [0.05, 0.1) is 35.1 Å². The van der Waals surface area contributed by atoms with Crippen molar-refractivity contribution in [3.8, 4) is 11.3 Å². The third-order valence-electron chi connectivity index (χ3n) is 5.07. The molecule has 2 aromatic heterocycles. The molecule has 3 heterocycles. The van der Waals surface area contributed by atoms with E-state index in [1.165, 1.54) is 12.1 Å². The van der Waals surface area contributed by atoms with E-state index in [2.05, 4.69) is 15.3 Å². The summed E-state index contributed by atoms with van der Waals surface area (Å²) in [5, 5.41) is 12.8. The predicted molar refractivity (Wildman–Crippen MR) is 114 cm³/mol. The van der Waals surface area contributed by atoms with Gasteiger partial charge in [-0.15, -0.1) is 0 Å². The zero-order valence-electron chi connectivity index (χ0n) is 16.3. The highest BCUT2D eigenvalue weighted by molar-refractivity contribution is 6.07. The molecule has 0 bridgehead atoms. The van der Waals surface area contributed by atoms with Crippen LogP contribution in [-0.2, 0) is 0 Å². The Hall–Kier alpha value is -3.52. The third kappa shape index (κ3) is 4.08. The number of benzene rings is 1. The van der Waals surface area contributed by atoms with Gasteiger partial charge in [-0.1, -0.05) is 12.1 Å². The topological polar surface area (TPSA) is 104 Å². The molecule has 1 aliphatic rings. The molecule has 1 unspecified atom stereocenters. The molecular weight excluding hydrogens is 385 g/mol. The van der Waals surface area contributed by atoms with Crippen molar-refractivity contribution in [1.29, 1.82) is 0 Å². The highest BCUT2D eigenvalue weighted by Gasteiger charge is 2.22. The van der Waals surface area contributed by atoms with Crippen LogP contribution < -0.4 is 16.0 Å². The minimum absolute atomic E-state index is 0.00392. The molecular formula is C22H22FN5O2. The van der Waals surface area contributed by atoms with Crippen LogP contribution in [0.4, 0.5) is 21.5 Å². The summed E-state index contributed by atoms with van der Waals surface area (Å²) in [4.78, 5) is 23.4. The van der Waals surface area contributed by atoms with Crippen LogP contribution in [-0.4, -0.2) is 40.2 Å². The zero-order valence-corrected chi connectivity index (χ0v) is 16.3. The Balaban J connectivity index is 1.62. The lowest BCUT2D eigenvalue weighted by atomic mass is 10.1. The number of nitrogens with one attached hydrogen (secondary N) is 1. The molecule has 4 rings (SSSR count). The smallest absolute Gasteiger partial charge is 0.276 e. The van der Waals surface area contributed by atoms with Gasteiger partial charge in [0.2, 0.25) is 0 Å². The van der Waals surface area contributed by atoms with Crippen molar-refractivity contribution in [3.63, 3.8) is 0 Å². The number of amides is 1. The number of hydrogen-bond acceptors (Lipinski definition) is 6. The lowest BCUT2D eigenvalue weighted by molar-refractivity contribution is 0.102. The van der Waals surface area contributed by atoms with E-state index in [4.69, 9.17) is 5.73 Å². The average Bonchev–Trinajstić information content (AvgIpc) is 2.75. The van der Waals surface area contributed by atoms with Gasteiger partial charge in [0.1, 0.15) is 5.82 Å². The van der Waals surface area contributed by atoms with Crippen molar-refractivity contribution in [2.75, 3.05) is 29.0 Å². The summed E-state index contributed by atoms with van der Waals surface area (Å²) >= 11 is 0. The minimum atomic E-state index is -0.516. The Morgan fingerprint density at radius 3 is 2.87 bits per heavy atom. The van der Waals surface area contributed by atoms with Crippen LogP contribution in [0.25, 0.3) is 11.3 Å². The van der Waals surface area contributed by atoms with E-state index in [9.17, 15) is 14.3 Å². The van der Waals surface area contributed by atoms with Gasteiger partial charge in [-0.2, -0.15) is 0 Å². The number of anilines is 3. The first-order valence-corrected chi connectivity index (χ1v) is 9.72. The number of aliphatic hydroxyl groups excluding tert-OH is 1. The largest absolute Gasteiger partial charge is 0.397 e. The molecule has 154 valence electrons. The molecule has 1 aromatic carbocycles. The first-order valence-electron chi connectivity index (χ1n) is 9.72. The van der Waals surface area contributed by atoms with E-state index in [1.54, 1.807) is 42.7 Å². The molecule has 3 aromatic rings. The summed E-state index contributed by atoms with van der Waals surface area (Å²) in [6.07, 6.45) is 4.38. The van der Waals surface area contributed by atoms with Crippen molar-refractivity contribution >= 4 is 23.0 Å². The Labute approximate surface area is 173 Å². The Morgan fingerprint density at radius 2 is 2.07 bits per heavy atom. The molecule has 8 heteroatoms. The normalized spacial score (nSPS) is 16.3. The van der Waals surface area contributed by atoms with Gasteiger partial charge in [0.15, 0.2) is 5.69 Å². The maximum atomic E-state index is 14.1. The SMILES string of the molecule is Nc1ccc(-c2ccccc2F)nc1C(=O)Nc1cnccc1N1CCCC(O)C1. The number of rotatable bonds is 4. The molecule has 4 N–H and O–H groups in total. The Morgan fingerprint density at radius 1 is 1.23 bits per heavy atom. The second kappa shape index (κ2) is 8.46. The number of nitrogens with zero attached hydrogens (tertiary/aromatic N) is 3. The summed E-state index contributed by atoms with van der Waals surface area (Å²) < 4.78 is 14.1. The number of halogens is 1. The fraction of sp³-hybridized carbons (Fsp3) is 0.227. The van der Waals surface area contributed by atoms with Crippen molar-refractivity contribution in [1.82, 2.24) is 9.97 Å². The summed E-state index contributed by atoms with van der Waals surface area (Å²) in [5.41, 5.74) is 8.04. The number of pyridine rings is 2. The van der Waals surface area contributed by atoms with Crippen LogP contribution in [0.3, 0.4) is 0 Å². The highest BCUT2D eigenvalue weighted by Crippen LogP contribution is 2.29. The van der Waals surface area contributed by atoms with E-state index >= 15 is 0 Å².